The first-order chi connectivity index (χ1) is 12.4. The van der Waals surface area contributed by atoms with Crippen LogP contribution < -0.4 is 16.0 Å². The van der Waals surface area contributed by atoms with Crippen molar-refractivity contribution in [1.29, 1.82) is 0 Å². The molecular weight excluding hydrogens is 402 g/mol. The zero-order valence-electron chi connectivity index (χ0n) is 13.8. The summed E-state index contributed by atoms with van der Waals surface area (Å²) in [6.45, 7) is -0.408. The van der Waals surface area contributed by atoms with Gasteiger partial charge in [-0.15, -0.1) is 0 Å². The van der Waals surface area contributed by atoms with E-state index >= 15 is 0 Å². The van der Waals surface area contributed by atoms with Gasteiger partial charge in [-0.25, -0.2) is 4.79 Å². The van der Waals surface area contributed by atoms with Gasteiger partial charge in [0, 0.05) is 22.3 Å². The Balaban J connectivity index is 1.93. The van der Waals surface area contributed by atoms with E-state index in [0.717, 1.165) is 10.0 Å². The zero-order valence-corrected chi connectivity index (χ0v) is 15.4. The highest BCUT2D eigenvalue weighted by molar-refractivity contribution is 9.10. The third kappa shape index (κ3) is 6.56. The monoisotopic (exact) mass is 419 g/mol. The topological polar surface area (TPSA) is 108 Å². The van der Waals surface area contributed by atoms with E-state index in [4.69, 9.17) is 5.11 Å². The summed E-state index contributed by atoms with van der Waals surface area (Å²) in [5.41, 5.74) is 2.02. The second kappa shape index (κ2) is 9.57. The van der Waals surface area contributed by atoms with Gasteiger partial charge in [0.1, 0.15) is 6.54 Å². The van der Waals surface area contributed by atoms with Crippen molar-refractivity contribution in [2.45, 2.75) is 12.8 Å². The van der Waals surface area contributed by atoms with E-state index in [1.807, 2.05) is 18.2 Å². The van der Waals surface area contributed by atoms with Crippen LogP contribution in [0.3, 0.4) is 0 Å². The van der Waals surface area contributed by atoms with Crippen LogP contribution in [0.15, 0.2) is 53.0 Å². The summed E-state index contributed by atoms with van der Waals surface area (Å²) in [5, 5.41) is 16.4. The van der Waals surface area contributed by atoms with Crippen molar-refractivity contribution in [2.24, 2.45) is 0 Å². The summed E-state index contributed by atoms with van der Waals surface area (Å²) in [6.07, 6.45) is 0.500. The lowest BCUT2D eigenvalue weighted by atomic mass is 10.1. The van der Waals surface area contributed by atoms with Crippen LogP contribution in [0.5, 0.6) is 0 Å². The number of amides is 3. The molecule has 0 atom stereocenters. The molecule has 3 amide bonds. The minimum Gasteiger partial charge on any atom is -0.480 e. The predicted octanol–water partition coefficient (Wildman–Crippen LogP) is 3.23. The van der Waals surface area contributed by atoms with Gasteiger partial charge < -0.3 is 21.1 Å². The third-order valence-corrected chi connectivity index (χ3v) is 3.95. The van der Waals surface area contributed by atoms with Crippen LogP contribution in [-0.2, 0) is 16.0 Å². The van der Waals surface area contributed by atoms with Crippen molar-refractivity contribution in [3.63, 3.8) is 0 Å². The van der Waals surface area contributed by atoms with Gasteiger partial charge >= 0.3 is 12.0 Å². The Bertz CT molecular complexity index is 793. The number of carbonyl (C=O) groups is 3. The number of hydrogen-bond acceptors (Lipinski definition) is 3. The molecule has 0 aliphatic heterocycles. The molecule has 0 saturated heterocycles. The lowest BCUT2D eigenvalue weighted by molar-refractivity contribution is -0.137. The van der Waals surface area contributed by atoms with Crippen molar-refractivity contribution in [2.75, 3.05) is 17.2 Å². The molecule has 2 aromatic carbocycles. The molecule has 0 unspecified atom stereocenters. The van der Waals surface area contributed by atoms with Gasteiger partial charge in [0.25, 0.3) is 0 Å². The molecule has 7 nitrogen and oxygen atoms in total. The Kier molecular flexibility index (Phi) is 7.16. The largest absolute Gasteiger partial charge is 0.480 e. The second-order valence-electron chi connectivity index (χ2n) is 5.41. The molecule has 0 saturated carbocycles. The number of aryl methyl sites for hydroxylation is 1. The summed E-state index contributed by atoms with van der Waals surface area (Å²) in [7, 11) is 0. The molecule has 136 valence electrons. The molecule has 0 aromatic heterocycles. The Morgan fingerprint density at radius 1 is 0.962 bits per heavy atom. The lowest BCUT2D eigenvalue weighted by Gasteiger charge is -2.12. The number of carbonyl (C=O) groups excluding carboxylic acids is 2. The first-order valence-electron chi connectivity index (χ1n) is 7.84. The van der Waals surface area contributed by atoms with Crippen LogP contribution in [0.2, 0.25) is 0 Å². The Morgan fingerprint density at radius 2 is 1.65 bits per heavy atom. The normalized spacial score (nSPS) is 10.0. The summed E-state index contributed by atoms with van der Waals surface area (Å²) < 4.78 is 0.912. The number of urea groups is 1. The number of carboxylic acid groups (broad SMARTS) is 1. The maximum Gasteiger partial charge on any atom is 0.323 e. The number of carboxylic acids is 1. The van der Waals surface area contributed by atoms with Gasteiger partial charge in [-0.2, -0.15) is 0 Å². The highest BCUT2D eigenvalue weighted by Crippen LogP contribution is 2.18. The molecule has 2 rings (SSSR count). The second-order valence-corrected chi connectivity index (χ2v) is 6.33. The highest BCUT2D eigenvalue weighted by atomic mass is 79.9. The van der Waals surface area contributed by atoms with Gasteiger partial charge in [0.2, 0.25) is 5.91 Å². The fourth-order valence-electron chi connectivity index (χ4n) is 2.19. The molecule has 8 heteroatoms. The van der Waals surface area contributed by atoms with Crippen molar-refractivity contribution >= 4 is 45.2 Å². The SMILES string of the molecule is O=C(O)CNC(=O)CCc1ccccc1NC(=O)Nc1ccc(Br)cc1. The molecule has 0 aliphatic rings. The summed E-state index contributed by atoms with van der Waals surface area (Å²) in [5.74, 6) is -1.45. The molecule has 0 spiro atoms. The smallest absolute Gasteiger partial charge is 0.323 e. The maximum absolute atomic E-state index is 12.2. The lowest BCUT2D eigenvalue weighted by Crippen LogP contribution is -2.29. The zero-order chi connectivity index (χ0) is 18.9. The Labute approximate surface area is 158 Å². The molecule has 2 aromatic rings. The molecule has 0 heterocycles. The van der Waals surface area contributed by atoms with Gasteiger partial charge in [0.15, 0.2) is 0 Å². The van der Waals surface area contributed by atoms with Gasteiger partial charge in [-0.05, 0) is 42.3 Å². The van der Waals surface area contributed by atoms with Crippen LogP contribution in [0.1, 0.15) is 12.0 Å². The molecule has 4 N–H and O–H groups in total. The number of para-hydroxylation sites is 1. The van der Waals surface area contributed by atoms with Crippen LogP contribution in [0.25, 0.3) is 0 Å². The van der Waals surface area contributed by atoms with E-state index < -0.39 is 18.5 Å². The summed E-state index contributed by atoms with van der Waals surface area (Å²) in [6, 6.07) is 13.9. The Morgan fingerprint density at radius 3 is 2.35 bits per heavy atom. The molecule has 0 fully saturated rings. The van der Waals surface area contributed by atoms with Crippen LogP contribution in [-0.4, -0.2) is 29.6 Å². The van der Waals surface area contributed by atoms with Crippen molar-refractivity contribution in [1.82, 2.24) is 5.32 Å². The van der Waals surface area contributed by atoms with E-state index in [1.54, 1.807) is 30.3 Å². The van der Waals surface area contributed by atoms with E-state index in [1.165, 1.54) is 0 Å². The predicted molar refractivity (Wildman–Crippen MR) is 102 cm³/mol. The standard InChI is InChI=1S/C18H18BrN3O4/c19-13-6-8-14(9-7-13)21-18(26)22-15-4-2-1-3-12(15)5-10-16(23)20-11-17(24)25/h1-4,6-9H,5,10-11H2,(H,20,23)(H,24,25)(H2,21,22,26). The molecule has 26 heavy (non-hydrogen) atoms. The van der Waals surface area contributed by atoms with E-state index in [9.17, 15) is 14.4 Å². The van der Waals surface area contributed by atoms with Gasteiger partial charge in [-0.3, -0.25) is 9.59 Å². The van der Waals surface area contributed by atoms with E-state index in [2.05, 4.69) is 31.9 Å². The van der Waals surface area contributed by atoms with Crippen LogP contribution in [0.4, 0.5) is 16.2 Å². The number of hydrogen-bond donors (Lipinski definition) is 4. The van der Waals surface area contributed by atoms with Crippen molar-refractivity contribution < 1.29 is 19.5 Å². The molecule has 0 aliphatic carbocycles. The van der Waals surface area contributed by atoms with Gasteiger partial charge in [0.05, 0.1) is 0 Å². The van der Waals surface area contributed by atoms with E-state index in [-0.39, 0.29) is 12.3 Å². The average molecular weight is 420 g/mol. The molecule has 0 bridgehead atoms. The van der Waals surface area contributed by atoms with Crippen LogP contribution >= 0.6 is 15.9 Å². The molecular formula is C18H18BrN3O4. The third-order valence-electron chi connectivity index (χ3n) is 3.43. The average Bonchev–Trinajstić information content (AvgIpc) is 2.61. The number of benzene rings is 2. The number of aliphatic carboxylic acids is 1. The van der Waals surface area contributed by atoms with E-state index in [0.29, 0.717) is 17.8 Å². The molecule has 0 radical (unpaired) electrons. The number of halogens is 1. The summed E-state index contributed by atoms with van der Waals surface area (Å²) in [4.78, 5) is 34.3. The highest BCUT2D eigenvalue weighted by Gasteiger charge is 2.09. The quantitative estimate of drug-likeness (QED) is 0.552. The van der Waals surface area contributed by atoms with Crippen LogP contribution in [0, 0.1) is 0 Å². The number of anilines is 2. The van der Waals surface area contributed by atoms with Crippen molar-refractivity contribution in [3.05, 3.63) is 58.6 Å². The maximum atomic E-state index is 12.2. The summed E-state index contributed by atoms with van der Waals surface area (Å²) >= 11 is 3.33. The first-order valence-corrected chi connectivity index (χ1v) is 8.63. The minimum absolute atomic E-state index is 0.125. The fourth-order valence-corrected chi connectivity index (χ4v) is 2.45. The van der Waals surface area contributed by atoms with Crippen molar-refractivity contribution in [3.8, 4) is 0 Å². The number of nitrogens with one attached hydrogen (secondary N) is 3. The number of rotatable bonds is 7. The Hall–Kier alpha value is -2.87. The minimum atomic E-state index is -1.09. The van der Waals surface area contributed by atoms with Gasteiger partial charge in [-0.1, -0.05) is 34.1 Å². The first kappa shape index (κ1) is 19.5. The fraction of sp³-hybridized carbons (Fsp3) is 0.167.